The molecule has 0 unspecified atom stereocenters. The number of anilines is 2. The van der Waals surface area contributed by atoms with E-state index in [1.807, 2.05) is 78.9 Å². The molecule has 3 heterocycles. The second-order valence-corrected chi connectivity index (χ2v) is 10.4. The fourth-order valence-corrected chi connectivity index (χ4v) is 5.85. The number of amides is 1. The Hall–Kier alpha value is -3.73. The molecule has 3 N–H and O–H groups in total. The van der Waals surface area contributed by atoms with Crippen molar-refractivity contribution in [2.75, 3.05) is 16.5 Å². The van der Waals surface area contributed by atoms with Gasteiger partial charge < -0.3 is 5.84 Å². The number of fused-ring (bicyclic) bond motifs is 2. The molecule has 2 aromatic heterocycles. The molecular formula is C25H18ClN7OS2. The number of H-pyrrole nitrogens is 1. The van der Waals surface area contributed by atoms with Crippen molar-refractivity contribution in [1.82, 2.24) is 25.1 Å². The first-order chi connectivity index (χ1) is 17.6. The van der Waals surface area contributed by atoms with Crippen LogP contribution in [0.2, 0.25) is 5.02 Å². The predicted octanol–water partition coefficient (Wildman–Crippen LogP) is 5.62. The maximum Gasteiger partial charge on any atom is 0.242 e. The summed E-state index contributed by atoms with van der Waals surface area (Å²) >= 11 is 9.11. The molecule has 0 atom stereocenters. The van der Waals surface area contributed by atoms with Crippen LogP contribution >= 0.6 is 35.1 Å². The Morgan fingerprint density at radius 2 is 1.75 bits per heavy atom. The number of hydrogen-bond donors (Lipinski definition) is 2. The number of halogens is 1. The minimum Gasteiger partial charge on any atom is -0.335 e. The first-order valence-corrected chi connectivity index (χ1v) is 13.1. The van der Waals surface area contributed by atoms with Gasteiger partial charge in [-0.25, -0.2) is 4.68 Å². The van der Waals surface area contributed by atoms with Crippen LogP contribution in [-0.2, 0) is 4.79 Å². The number of carbonyl (C=O) groups is 1. The second-order valence-electron chi connectivity index (χ2n) is 7.91. The van der Waals surface area contributed by atoms with Crippen LogP contribution in [0.3, 0.4) is 0 Å². The molecule has 0 fully saturated rings. The summed E-state index contributed by atoms with van der Waals surface area (Å²) in [5.41, 5.74) is 3.97. The number of nitrogens with zero attached hydrogens (tertiary/aromatic N) is 5. The van der Waals surface area contributed by atoms with Crippen LogP contribution in [0.4, 0.5) is 11.4 Å². The molecule has 11 heteroatoms. The molecule has 1 aliphatic heterocycles. The first-order valence-electron chi connectivity index (χ1n) is 10.9. The minimum atomic E-state index is -0.117. The van der Waals surface area contributed by atoms with Gasteiger partial charge in [0.05, 0.1) is 22.8 Å². The molecule has 0 aliphatic carbocycles. The van der Waals surface area contributed by atoms with Crippen LogP contribution in [0.15, 0.2) is 93.8 Å². The normalized spacial score (nSPS) is 12.3. The van der Waals surface area contributed by atoms with Crippen LogP contribution in [0.1, 0.15) is 0 Å². The summed E-state index contributed by atoms with van der Waals surface area (Å²) in [4.78, 5) is 17.2. The highest BCUT2D eigenvalue weighted by Crippen LogP contribution is 2.49. The molecule has 5 aromatic rings. The third kappa shape index (κ3) is 4.13. The minimum absolute atomic E-state index is 0.110. The van der Waals surface area contributed by atoms with Crippen molar-refractivity contribution in [2.24, 2.45) is 0 Å². The number of nitrogens with one attached hydrogen (secondary N) is 1. The highest BCUT2D eigenvalue weighted by Gasteiger charge is 2.29. The number of para-hydroxylation sites is 1. The van der Waals surface area contributed by atoms with E-state index in [1.165, 1.54) is 16.4 Å². The molecule has 0 bridgehead atoms. The molecule has 178 valence electrons. The highest BCUT2D eigenvalue weighted by molar-refractivity contribution is 8.00. The average molecular weight is 532 g/mol. The van der Waals surface area contributed by atoms with Gasteiger partial charge >= 0.3 is 0 Å². The average Bonchev–Trinajstić information content (AvgIpc) is 3.53. The topological polar surface area (TPSA) is 106 Å². The largest absolute Gasteiger partial charge is 0.335 e. The Bertz CT molecular complexity index is 1580. The SMILES string of the molecule is Nn1c(SCC(=O)N2c3ccccc3Sc3ccc(Cl)cc32)nnc1-c1cc(-c2ccccc2)n[nH]1. The van der Waals surface area contributed by atoms with E-state index in [-0.39, 0.29) is 11.7 Å². The van der Waals surface area contributed by atoms with Crippen molar-refractivity contribution >= 4 is 52.4 Å². The van der Waals surface area contributed by atoms with Crippen molar-refractivity contribution in [3.05, 3.63) is 83.9 Å². The maximum atomic E-state index is 13.5. The lowest BCUT2D eigenvalue weighted by molar-refractivity contribution is -0.115. The van der Waals surface area contributed by atoms with Gasteiger partial charge in [-0.3, -0.25) is 14.8 Å². The number of hydrogen-bond acceptors (Lipinski definition) is 7. The third-order valence-corrected chi connectivity index (χ3v) is 7.91. The summed E-state index contributed by atoms with van der Waals surface area (Å²) < 4.78 is 1.37. The summed E-state index contributed by atoms with van der Waals surface area (Å²) in [5, 5.41) is 16.7. The molecule has 1 amide bonds. The van der Waals surface area contributed by atoms with E-state index >= 15 is 0 Å². The predicted molar refractivity (Wildman–Crippen MR) is 143 cm³/mol. The number of rotatable bonds is 5. The zero-order valence-electron chi connectivity index (χ0n) is 18.6. The number of nitrogens with two attached hydrogens (primary N) is 1. The summed E-state index contributed by atoms with van der Waals surface area (Å²) in [7, 11) is 0. The van der Waals surface area contributed by atoms with E-state index < -0.39 is 0 Å². The van der Waals surface area contributed by atoms with E-state index in [4.69, 9.17) is 17.4 Å². The van der Waals surface area contributed by atoms with Crippen LogP contribution in [0.5, 0.6) is 0 Å². The van der Waals surface area contributed by atoms with Crippen LogP contribution in [0.25, 0.3) is 22.8 Å². The quantitative estimate of drug-likeness (QED) is 0.224. The van der Waals surface area contributed by atoms with Gasteiger partial charge in [-0.1, -0.05) is 77.6 Å². The summed E-state index contributed by atoms with van der Waals surface area (Å²) in [6, 6.07) is 25.1. The van der Waals surface area contributed by atoms with Crippen molar-refractivity contribution in [2.45, 2.75) is 14.9 Å². The standard InChI is InChI=1S/C25H18ClN7OS2/c26-16-10-11-22-20(12-16)32(19-8-4-5-9-21(19)36-22)23(34)14-35-25-31-30-24(33(25)27)18-13-17(28-29-18)15-6-2-1-3-7-15/h1-13H,14,27H2,(H,28,29). The van der Waals surface area contributed by atoms with Gasteiger partial charge in [0.15, 0.2) is 0 Å². The van der Waals surface area contributed by atoms with Gasteiger partial charge in [-0.15, -0.1) is 10.2 Å². The van der Waals surface area contributed by atoms with Crippen molar-refractivity contribution in [1.29, 1.82) is 0 Å². The van der Waals surface area contributed by atoms with Gasteiger partial charge in [0.25, 0.3) is 0 Å². The van der Waals surface area contributed by atoms with E-state index in [0.717, 1.165) is 32.4 Å². The lowest BCUT2D eigenvalue weighted by Crippen LogP contribution is -2.30. The van der Waals surface area contributed by atoms with Gasteiger partial charge in [0.1, 0.15) is 5.69 Å². The smallest absolute Gasteiger partial charge is 0.242 e. The Balaban J connectivity index is 1.24. The lowest BCUT2D eigenvalue weighted by Gasteiger charge is -2.31. The highest BCUT2D eigenvalue weighted by atomic mass is 35.5. The number of aromatic amines is 1. The molecule has 0 radical (unpaired) electrons. The second kappa shape index (κ2) is 9.38. The van der Waals surface area contributed by atoms with E-state index in [2.05, 4.69) is 20.4 Å². The van der Waals surface area contributed by atoms with Crippen LogP contribution in [-0.4, -0.2) is 36.7 Å². The molecule has 8 nitrogen and oxygen atoms in total. The molecule has 6 rings (SSSR count). The van der Waals surface area contributed by atoms with Gasteiger partial charge in [-0.05, 0) is 36.4 Å². The third-order valence-electron chi connectivity index (χ3n) is 5.61. The maximum absolute atomic E-state index is 13.5. The number of nitrogen functional groups attached to an aromatic ring is 1. The van der Waals surface area contributed by atoms with Crippen molar-refractivity contribution in [3.8, 4) is 22.8 Å². The first kappa shape index (κ1) is 22.7. The molecule has 36 heavy (non-hydrogen) atoms. The van der Waals surface area contributed by atoms with Crippen molar-refractivity contribution < 1.29 is 4.79 Å². The Morgan fingerprint density at radius 3 is 2.61 bits per heavy atom. The Kier molecular flexibility index (Phi) is 5.92. The fourth-order valence-electron chi connectivity index (χ4n) is 3.94. The summed E-state index contributed by atoms with van der Waals surface area (Å²) in [5.74, 6) is 6.72. The van der Waals surface area contributed by atoms with Gasteiger partial charge in [0.2, 0.25) is 16.9 Å². The zero-order valence-corrected chi connectivity index (χ0v) is 21.0. The lowest BCUT2D eigenvalue weighted by atomic mass is 10.1. The van der Waals surface area contributed by atoms with E-state index in [9.17, 15) is 4.79 Å². The zero-order chi connectivity index (χ0) is 24.6. The monoisotopic (exact) mass is 531 g/mol. The Labute approximate surface area is 219 Å². The molecule has 3 aromatic carbocycles. The fraction of sp³-hybridized carbons (Fsp3) is 0.0400. The van der Waals surface area contributed by atoms with E-state index in [0.29, 0.717) is 21.7 Å². The molecule has 0 saturated heterocycles. The van der Waals surface area contributed by atoms with Crippen molar-refractivity contribution in [3.63, 3.8) is 0 Å². The number of benzene rings is 3. The van der Waals surface area contributed by atoms with Crippen LogP contribution in [0, 0.1) is 0 Å². The molecule has 0 spiro atoms. The molecule has 0 saturated carbocycles. The van der Waals surface area contributed by atoms with Gasteiger partial charge in [-0.2, -0.15) is 5.10 Å². The number of thioether (sulfide) groups is 1. The van der Waals surface area contributed by atoms with E-state index in [1.54, 1.807) is 16.7 Å². The summed E-state index contributed by atoms with van der Waals surface area (Å²) in [6.45, 7) is 0. The molecular weight excluding hydrogens is 514 g/mol. The Morgan fingerprint density at radius 1 is 0.972 bits per heavy atom. The van der Waals surface area contributed by atoms with Crippen LogP contribution < -0.4 is 10.7 Å². The summed E-state index contributed by atoms with van der Waals surface area (Å²) in [6.07, 6.45) is 0. The molecule has 1 aliphatic rings. The van der Waals surface area contributed by atoms with Gasteiger partial charge in [0, 0.05) is 20.4 Å². The number of carbonyl (C=O) groups excluding carboxylic acids is 1. The number of aromatic nitrogens is 5.